The Hall–Kier alpha value is -3.13. The fourth-order valence-corrected chi connectivity index (χ4v) is 2.45. The van der Waals surface area contributed by atoms with Gasteiger partial charge < -0.3 is 19.2 Å². The number of alkyl halides is 2. The largest absolute Gasteiger partial charge is 0.486 e. The molecule has 0 aliphatic heterocycles. The molecule has 1 N–H and O–H groups in total. The zero-order chi connectivity index (χ0) is 20.1. The minimum Gasteiger partial charge on any atom is -0.486 e. The molecule has 0 aliphatic rings. The molecule has 0 saturated carbocycles. The summed E-state index contributed by atoms with van der Waals surface area (Å²) in [5, 5.41) is 2.85. The molecule has 9 heteroatoms. The van der Waals surface area contributed by atoms with E-state index in [2.05, 4.69) is 10.1 Å². The summed E-state index contributed by atoms with van der Waals surface area (Å²) >= 11 is 5.87. The lowest BCUT2D eigenvalue weighted by Crippen LogP contribution is -2.13. The molecule has 0 radical (unpaired) electrons. The average molecular weight is 412 g/mol. The number of rotatable bonds is 7. The summed E-state index contributed by atoms with van der Waals surface area (Å²) in [7, 11) is 0. The first-order valence-electron chi connectivity index (χ1n) is 7.93. The number of ether oxygens (including phenoxy) is 2. The Kier molecular flexibility index (Phi) is 6.10. The molecule has 0 atom stereocenters. The lowest BCUT2D eigenvalue weighted by molar-refractivity contribution is -0.0495. The van der Waals surface area contributed by atoms with Crippen LogP contribution >= 0.6 is 11.6 Å². The van der Waals surface area contributed by atoms with Gasteiger partial charge in [0.1, 0.15) is 23.9 Å². The lowest BCUT2D eigenvalue weighted by atomic mass is 10.2. The van der Waals surface area contributed by atoms with Gasteiger partial charge in [-0.3, -0.25) is 4.79 Å². The quantitative estimate of drug-likeness (QED) is 0.557. The Morgan fingerprint density at radius 2 is 1.96 bits per heavy atom. The van der Waals surface area contributed by atoms with Crippen LogP contribution in [0.3, 0.4) is 0 Å². The van der Waals surface area contributed by atoms with Crippen molar-refractivity contribution in [1.29, 1.82) is 0 Å². The minimum absolute atomic E-state index is 0.0455. The third-order valence-corrected chi connectivity index (χ3v) is 3.71. The van der Waals surface area contributed by atoms with E-state index in [1.807, 2.05) is 0 Å². The van der Waals surface area contributed by atoms with E-state index < -0.39 is 24.1 Å². The van der Waals surface area contributed by atoms with Gasteiger partial charge in [-0.1, -0.05) is 17.7 Å². The average Bonchev–Trinajstić information content (AvgIpc) is 3.11. The molecule has 3 rings (SSSR count). The van der Waals surface area contributed by atoms with Crippen LogP contribution in [0.5, 0.6) is 11.5 Å². The van der Waals surface area contributed by atoms with Gasteiger partial charge in [0.2, 0.25) is 0 Å². The summed E-state index contributed by atoms with van der Waals surface area (Å²) in [6.45, 7) is -3.12. The molecule has 5 nitrogen and oxygen atoms in total. The summed E-state index contributed by atoms with van der Waals surface area (Å²) in [6.07, 6.45) is 0. The normalized spacial score (nSPS) is 10.8. The van der Waals surface area contributed by atoms with Crippen molar-refractivity contribution < 1.29 is 31.9 Å². The monoisotopic (exact) mass is 411 g/mol. The molecule has 146 valence electrons. The molecule has 0 saturated heterocycles. The van der Waals surface area contributed by atoms with Crippen molar-refractivity contribution in [3.63, 3.8) is 0 Å². The summed E-state index contributed by atoms with van der Waals surface area (Å²) < 4.78 is 53.2. The Morgan fingerprint density at radius 1 is 1.14 bits per heavy atom. The van der Waals surface area contributed by atoms with E-state index in [-0.39, 0.29) is 18.1 Å². The van der Waals surface area contributed by atoms with Gasteiger partial charge in [0.05, 0.1) is 5.69 Å². The molecule has 1 amide bonds. The summed E-state index contributed by atoms with van der Waals surface area (Å²) in [5.41, 5.74) is -0.125. The molecule has 0 bridgehead atoms. The number of carbonyl (C=O) groups is 1. The summed E-state index contributed by atoms with van der Waals surface area (Å²) in [6, 6.07) is 12.5. The molecule has 0 fully saturated rings. The Labute approximate surface area is 162 Å². The summed E-state index contributed by atoms with van der Waals surface area (Å²) in [5.74, 6) is -1.22. The van der Waals surface area contributed by atoms with Crippen LogP contribution in [0.25, 0.3) is 0 Å². The van der Waals surface area contributed by atoms with Crippen molar-refractivity contribution in [2.75, 3.05) is 5.32 Å². The number of anilines is 1. The van der Waals surface area contributed by atoms with E-state index >= 15 is 0 Å². The highest BCUT2D eigenvalue weighted by Crippen LogP contribution is 2.28. The van der Waals surface area contributed by atoms with Crippen molar-refractivity contribution >= 4 is 23.2 Å². The van der Waals surface area contributed by atoms with E-state index in [1.54, 1.807) is 24.3 Å². The van der Waals surface area contributed by atoms with Crippen molar-refractivity contribution in [3.8, 4) is 11.5 Å². The van der Waals surface area contributed by atoms with E-state index in [9.17, 15) is 18.0 Å². The Balaban J connectivity index is 1.66. The number of halogens is 4. The SMILES string of the molecule is O=C(Nc1ccc(F)cc1OC(F)F)c1ccc(COc2cccc(Cl)c2)o1. The van der Waals surface area contributed by atoms with E-state index in [4.69, 9.17) is 20.8 Å². The molecule has 1 heterocycles. The van der Waals surface area contributed by atoms with Gasteiger partial charge in [-0.15, -0.1) is 0 Å². The van der Waals surface area contributed by atoms with Crippen molar-refractivity contribution in [1.82, 2.24) is 0 Å². The predicted molar refractivity (Wildman–Crippen MR) is 95.5 cm³/mol. The molecule has 3 aromatic rings. The third kappa shape index (κ3) is 5.20. The van der Waals surface area contributed by atoms with Crippen LogP contribution in [0.1, 0.15) is 16.3 Å². The fourth-order valence-electron chi connectivity index (χ4n) is 2.27. The molecular weight excluding hydrogens is 399 g/mol. The van der Waals surface area contributed by atoms with Crippen LogP contribution in [0.4, 0.5) is 18.9 Å². The number of hydrogen-bond acceptors (Lipinski definition) is 4. The number of carbonyl (C=O) groups excluding carboxylic acids is 1. The second-order valence-electron chi connectivity index (χ2n) is 5.49. The molecular formula is C19H13ClF3NO4. The number of furan rings is 1. The van der Waals surface area contributed by atoms with Gasteiger partial charge >= 0.3 is 6.61 Å². The second-order valence-corrected chi connectivity index (χ2v) is 5.92. The predicted octanol–water partition coefficient (Wildman–Crippen LogP) is 5.50. The van der Waals surface area contributed by atoms with Crippen LogP contribution in [-0.2, 0) is 6.61 Å². The number of nitrogens with one attached hydrogen (secondary N) is 1. The molecule has 0 spiro atoms. The first-order chi connectivity index (χ1) is 13.4. The maximum Gasteiger partial charge on any atom is 0.387 e. The van der Waals surface area contributed by atoms with Gasteiger partial charge in [0, 0.05) is 11.1 Å². The number of hydrogen-bond donors (Lipinski definition) is 1. The maximum absolute atomic E-state index is 13.2. The smallest absolute Gasteiger partial charge is 0.387 e. The minimum atomic E-state index is -3.17. The fraction of sp³-hybridized carbons (Fsp3) is 0.105. The van der Waals surface area contributed by atoms with Crippen LogP contribution in [0.2, 0.25) is 5.02 Å². The standard InChI is InChI=1S/C19H13ClF3NO4/c20-11-2-1-3-13(8-11)26-10-14-5-7-16(27-14)18(25)24-15-6-4-12(21)9-17(15)28-19(22)23/h1-9,19H,10H2,(H,24,25). The van der Waals surface area contributed by atoms with Gasteiger partial charge in [-0.05, 0) is 42.5 Å². The Morgan fingerprint density at radius 3 is 2.71 bits per heavy atom. The van der Waals surface area contributed by atoms with Crippen molar-refractivity contribution in [3.05, 3.63) is 77.0 Å². The third-order valence-electron chi connectivity index (χ3n) is 3.47. The Bertz CT molecular complexity index is 977. The lowest BCUT2D eigenvalue weighted by Gasteiger charge is -2.11. The van der Waals surface area contributed by atoms with Crippen LogP contribution in [0, 0.1) is 5.82 Å². The molecule has 2 aromatic carbocycles. The number of amides is 1. The zero-order valence-corrected chi connectivity index (χ0v) is 14.9. The molecule has 0 unspecified atom stereocenters. The first kappa shape index (κ1) is 19.6. The van der Waals surface area contributed by atoms with Gasteiger partial charge in [-0.2, -0.15) is 8.78 Å². The zero-order valence-electron chi connectivity index (χ0n) is 14.1. The number of benzene rings is 2. The molecule has 1 aromatic heterocycles. The van der Waals surface area contributed by atoms with E-state index in [1.165, 1.54) is 12.1 Å². The topological polar surface area (TPSA) is 60.7 Å². The van der Waals surface area contributed by atoms with Gasteiger partial charge in [-0.25, -0.2) is 4.39 Å². The molecule has 28 heavy (non-hydrogen) atoms. The molecule has 0 aliphatic carbocycles. The highest BCUT2D eigenvalue weighted by molar-refractivity contribution is 6.30. The second kappa shape index (κ2) is 8.71. The van der Waals surface area contributed by atoms with Gasteiger partial charge in [0.15, 0.2) is 11.5 Å². The first-order valence-corrected chi connectivity index (χ1v) is 8.31. The van der Waals surface area contributed by atoms with Crippen LogP contribution < -0.4 is 14.8 Å². The van der Waals surface area contributed by atoms with Crippen molar-refractivity contribution in [2.45, 2.75) is 13.2 Å². The van der Waals surface area contributed by atoms with Crippen molar-refractivity contribution in [2.24, 2.45) is 0 Å². The highest BCUT2D eigenvalue weighted by Gasteiger charge is 2.17. The van der Waals surface area contributed by atoms with E-state index in [0.717, 1.165) is 18.2 Å². The maximum atomic E-state index is 13.2. The van der Waals surface area contributed by atoms with Crippen LogP contribution in [0.15, 0.2) is 59.0 Å². The van der Waals surface area contributed by atoms with Gasteiger partial charge in [0.25, 0.3) is 5.91 Å². The summed E-state index contributed by atoms with van der Waals surface area (Å²) in [4.78, 5) is 12.3. The van der Waals surface area contributed by atoms with E-state index in [0.29, 0.717) is 16.5 Å². The highest BCUT2D eigenvalue weighted by atomic mass is 35.5. The van der Waals surface area contributed by atoms with Crippen LogP contribution in [-0.4, -0.2) is 12.5 Å².